The normalized spacial score (nSPS) is 12.0. The third-order valence-corrected chi connectivity index (χ3v) is 12.9. The molecule has 0 saturated carbocycles. The molecule has 50 heavy (non-hydrogen) atoms. The molecule has 11 aromatic rings. The summed E-state index contributed by atoms with van der Waals surface area (Å²) in [6.45, 7) is 0. The van der Waals surface area contributed by atoms with Crippen LogP contribution in [0.25, 0.3) is 106 Å². The number of benzene rings is 9. The van der Waals surface area contributed by atoms with Crippen LogP contribution in [0.2, 0.25) is 0 Å². The van der Waals surface area contributed by atoms with Crippen molar-refractivity contribution in [2.75, 3.05) is 0 Å². The van der Waals surface area contributed by atoms with E-state index in [1.54, 1.807) is 0 Å². The number of rotatable bonds is 3. The van der Waals surface area contributed by atoms with E-state index in [4.69, 9.17) is 0 Å². The Morgan fingerprint density at radius 1 is 0.260 bits per heavy atom. The molecule has 0 aliphatic carbocycles. The van der Waals surface area contributed by atoms with Gasteiger partial charge in [-0.3, -0.25) is 0 Å². The summed E-state index contributed by atoms with van der Waals surface area (Å²) in [5.74, 6) is 0. The molecular formula is C48H28S2. The molecule has 9 aromatic carbocycles. The van der Waals surface area contributed by atoms with Gasteiger partial charge in [-0.05, 0) is 119 Å². The molecule has 0 radical (unpaired) electrons. The second-order valence-corrected chi connectivity index (χ2v) is 15.5. The minimum absolute atomic E-state index is 1.23. The number of fused-ring (bicyclic) bond motifs is 9. The first-order valence-corrected chi connectivity index (χ1v) is 18.7. The summed E-state index contributed by atoms with van der Waals surface area (Å²) in [5.41, 5.74) is 7.48. The Bertz CT molecular complexity index is 3130. The monoisotopic (exact) mass is 668 g/mol. The van der Waals surface area contributed by atoms with Gasteiger partial charge in [-0.1, -0.05) is 127 Å². The van der Waals surface area contributed by atoms with E-state index in [0.29, 0.717) is 0 Å². The topological polar surface area (TPSA) is 0 Å². The average Bonchev–Trinajstić information content (AvgIpc) is 3.70. The van der Waals surface area contributed by atoms with Crippen LogP contribution in [0.15, 0.2) is 170 Å². The van der Waals surface area contributed by atoms with Gasteiger partial charge in [-0.15, -0.1) is 22.7 Å². The number of thiophene rings is 2. The number of hydrogen-bond donors (Lipinski definition) is 0. The molecule has 0 aliphatic rings. The molecule has 11 rings (SSSR count). The Kier molecular flexibility index (Phi) is 6.09. The van der Waals surface area contributed by atoms with E-state index >= 15 is 0 Å². The lowest BCUT2D eigenvalue weighted by molar-refractivity contribution is 1.62. The van der Waals surface area contributed by atoms with Crippen molar-refractivity contribution in [2.45, 2.75) is 0 Å². The van der Waals surface area contributed by atoms with Crippen LogP contribution in [-0.2, 0) is 0 Å². The molecule has 0 spiro atoms. The van der Waals surface area contributed by atoms with E-state index < -0.39 is 0 Å². The Labute approximate surface area is 297 Å². The molecule has 0 amide bonds. The first-order chi connectivity index (χ1) is 24.7. The maximum Gasteiger partial charge on any atom is 0.0542 e. The van der Waals surface area contributed by atoms with E-state index in [-0.39, 0.29) is 0 Å². The van der Waals surface area contributed by atoms with Crippen LogP contribution in [0, 0.1) is 0 Å². The molecule has 2 heterocycles. The highest BCUT2D eigenvalue weighted by Gasteiger charge is 2.14. The van der Waals surface area contributed by atoms with Gasteiger partial charge in [0.2, 0.25) is 0 Å². The highest BCUT2D eigenvalue weighted by molar-refractivity contribution is 7.36. The third-order valence-electron chi connectivity index (χ3n) is 10.4. The molecule has 0 nitrogen and oxygen atoms in total. The van der Waals surface area contributed by atoms with Crippen LogP contribution in [0.1, 0.15) is 0 Å². The maximum absolute atomic E-state index is 2.42. The lowest BCUT2D eigenvalue weighted by Crippen LogP contribution is -1.84. The molecule has 0 unspecified atom stereocenters. The molecule has 232 valence electrons. The van der Waals surface area contributed by atoms with Crippen LogP contribution in [0.4, 0.5) is 0 Å². The van der Waals surface area contributed by atoms with Crippen molar-refractivity contribution in [3.8, 4) is 33.4 Å². The summed E-state index contributed by atoms with van der Waals surface area (Å²) >= 11 is 3.87. The summed E-state index contributed by atoms with van der Waals surface area (Å²) in [4.78, 5) is 0. The minimum Gasteiger partial charge on any atom is -0.134 e. The predicted molar refractivity (Wildman–Crippen MR) is 221 cm³/mol. The standard InChI is InChI=1S/C48H28S2/c1-2-8-33-27-45-43(25-32(33)7-1)47-48(49-45)44-26-40-24-38(20-21-39(40)28-46(44)50-47)37-19-18-35-22-34(16-17-36(35)23-37)29-12-14-31(15-13-29)42-11-5-9-30-6-3-4-10-41(30)42/h1-28H. The smallest absolute Gasteiger partial charge is 0.0542 e. The molecule has 0 atom stereocenters. The summed E-state index contributed by atoms with van der Waals surface area (Å²) in [6.07, 6.45) is 0. The molecule has 0 fully saturated rings. The minimum atomic E-state index is 1.23. The van der Waals surface area contributed by atoms with Gasteiger partial charge in [0.25, 0.3) is 0 Å². The SMILES string of the molecule is c1ccc2cc3c(cc2c1)sc1c2cc4cc(-c5ccc6cc(-c7ccc(-c8cccc9ccccc89)cc7)ccc6c5)ccc4cc2sc31. The van der Waals surface area contributed by atoms with E-state index in [0.717, 1.165) is 0 Å². The Morgan fingerprint density at radius 2 is 0.700 bits per heavy atom. The molecule has 0 aliphatic heterocycles. The quantitative estimate of drug-likeness (QED) is 0.176. The third kappa shape index (κ3) is 4.43. The zero-order chi connectivity index (χ0) is 32.8. The summed E-state index contributed by atoms with van der Waals surface area (Å²) in [6, 6.07) is 63.1. The van der Waals surface area contributed by atoms with Crippen molar-refractivity contribution < 1.29 is 0 Å². The van der Waals surface area contributed by atoms with Crippen molar-refractivity contribution in [3.05, 3.63) is 170 Å². The molecule has 2 aromatic heterocycles. The van der Waals surface area contributed by atoms with Crippen LogP contribution in [-0.4, -0.2) is 0 Å². The summed E-state index contributed by atoms with van der Waals surface area (Å²) in [5, 5.41) is 13.0. The molecule has 0 saturated heterocycles. The number of hydrogen-bond acceptors (Lipinski definition) is 2. The van der Waals surface area contributed by atoms with Gasteiger partial charge in [0.15, 0.2) is 0 Å². The first-order valence-electron chi connectivity index (χ1n) is 17.1. The fourth-order valence-electron chi connectivity index (χ4n) is 7.79. The molecular weight excluding hydrogens is 641 g/mol. The maximum atomic E-state index is 2.42. The summed E-state index contributed by atoms with van der Waals surface area (Å²) < 4.78 is 5.56. The van der Waals surface area contributed by atoms with E-state index in [2.05, 4.69) is 170 Å². The van der Waals surface area contributed by atoms with E-state index in [1.165, 1.54) is 106 Å². The van der Waals surface area contributed by atoms with Gasteiger partial charge in [0.1, 0.15) is 0 Å². The van der Waals surface area contributed by atoms with Gasteiger partial charge in [0, 0.05) is 20.2 Å². The Hall–Kier alpha value is -5.80. The first kappa shape index (κ1) is 28.1. The van der Waals surface area contributed by atoms with Gasteiger partial charge < -0.3 is 0 Å². The largest absolute Gasteiger partial charge is 0.134 e. The van der Waals surface area contributed by atoms with Crippen molar-refractivity contribution in [3.63, 3.8) is 0 Å². The lowest BCUT2D eigenvalue weighted by Gasteiger charge is -2.10. The van der Waals surface area contributed by atoms with Crippen LogP contribution in [0.3, 0.4) is 0 Å². The fourth-order valence-corrected chi connectivity index (χ4v) is 10.5. The fraction of sp³-hybridized carbons (Fsp3) is 0. The van der Waals surface area contributed by atoms with Crippen LogP contribution >= 0.6 is 22.7 Å². The van der Waals surface area contributed by atoms with Crippen molar-refractivity contribution in [1.29, 1.82) is 0 Å². The highest BCUT2D eigenvalue weighted by atomic mass is 32.1. The molecule has 2 heteroatoms. The Balaban J connectivity index is 0.934. The van der Waals surface area contributed by atoms with E-state index in [9.17, 15) is 0 Å². The van der Waals surface area contributed by atoms with Gasteiger partial charge in [-0.2, -0.15) is 0 Å². The van der Waals surface area contributed by atoms with Crippen LogP contribution < -0.4 is 0 Å². The second kappa shape index (κ2) is 10.9. The van der Waals surface area contributed by atoms with Gasteiger partial charge >= 0.3 is 0 Å². The zero-order valence-corrected chi connectivity index (χ0v) is 28.6. The lowest BCUT2D eigenvalue weighted by atomic mass is 9.94. The molecule has 0 N–H and O–H groups in total. The van der Waals surface area contributed by atoms with Crippen LogP contribution in [0.5, 0.6) is 0 Å². The van der Waals surface area contributed by atoms with Crippen molar-refractivity contribution in [2.24, 2.45) is 0 Å². The van der Waals surface area contributed by atoms with Crippen molar-refractivity contribution in [1.82, 2.24) is 0 Å². The average molecular weight is 669 g/mol. The summed E-state index contributed by atoms with van der Waals surface area (Å²) in [7, 11) is 0. The molecule has 0 bridgehead atoms. The van der Waals surface area contributed by atoms with Gasteiger partial charge in [0.05, 0.1) is 9.40 Å². The Morgan fingerprint density at radius 3 is 1.36 bits per heavy atom. The van der Waals surface area contributed by atoms with E-state index in [1.807, 2.05) is 22.7 Å². The predicted octanol–water partition coefficient (Wildman–Crippen LogP) is 14.9. The van der Waals surface area contributed by atoms with Crippen molar-refractivity contribution >= 4 is 95.3 Å². The van der Waals surface area contributed by atoms with Gasteiger partial charge in [-0.25, -0.2) is 0 Å². The second-order valence-electron chi connectivity index (χ2n) is 13.3. The zero-order valence-electron chi connectivity index (χ0n) is 27.0. The highest BCUT2D eigenvalue weighted by Crippen LogP contribution is 2.46.